The van der Waals surface area contributed by atoms with Crippen molar-refractivity contribution in [2.75, 3.05) is 0 Å². The van der Waals surface area contributed by atoms with E-state index in [4.69, 9.17) is 0 Å². The summed E-state index contributed by atoms with van der Waals surface area (Å²) in [7, 11) is 0. The molecule has 0 aromatic heterocycles. The maximum Gasteiger partial charge on any atom is -0.00696 e. The molecule has 1 aliphatic carbocycles. The van der Waals surface area contributed by atoms with E-state index in [0.717, 1.165) is 5.92 Å². The van der Waals surface area contributed by atoms with Crippen LogP contribution in [0.5, 0.6) is 0 Å². The second-order valence-corrected chi connectivity index (χ2v) is 4.77. The molecule has 1 rings (SSSR count). The highest BCUT2D eigenvalue weighted by Gasteiger charge is 2.52. The molecule has 1 aliphatic rings. The Balaban J connectivity index is 2.82. The lowest BCUT2D eigenvalue weighted by Crippen LogP contribution is -2.50. The largest absolute Gasteiger partial charge is 0.0911 e. The second-order valence-electron chi connectivity index (χ2n) is 4.77. The molecular weight excluding hydrogens is 132 g/mol. The zero-order chi connectivity index (χ0) is 8.70. The van der Waals surface area contributed by atoms with E-state index in [2.05, 4.69) is 46.8 Å². The van der Waals surface area contributed by atoms with E-state index in [1.54, 1.807) is 0 Å². The fourth-order valence-corrected chi connectivity index (χ4v) is 2.47. The SMILES string of the molecule is CC=CC1(C)C(C)CC1(C)C. The molecule has 0 heterocycles. The molecule has 64 valence electrons. The van der Waals surface area contributed by atoms with Crippen LogP contribution in [-0.4, -0.2) is 0 Å². The average Bonchev–Trinajstić information content (AvgIpc) is 1.87. The van der Waals surface area contributed by atoms with Gasteiger partial charge in [-0.15, -0.1) is 0 Å². The predicted octanol–water partition coefficient (Wildman–Crippen LogP) is 3.63. The van der Waals surface area contributed by atoms with Gasteiger partial charge >= 0.3 is 0 Å². The first-order valence-electron chi connectivity index (χ1n) is 4.58. The van der Waals surface area contributed by atoms with Crippen molar-refractivity contribution in [3.05, 3.63) is 12.2 Å². The summed E-state index contributed by atoms with van der Waals surface area (Å²) in [5.41, 5.74) is 0.959. The van der Waals surface area contributed by atoms with Gasteiger partial charge in [-0.3, -0.25) is 0 Å². The van der Waals surface area contributed by atoms with Crippen LogP contribution < -0.4 is 0 Å². The van der Waals surface area contributed by atoms with Crippen molar-refractivity contribution in [1.82, 2.24) is 0 Å². The van der Waals surface area contributed by atoms with Gasteiger partial charge in [-0.05, 0) is 30.1 Å². The standard InChI is InChI=1S/C11H20/c1-6-7-11(5)9(2)8-10(11,3)4/h6-7,9H,8H2,1-5H3. The van der Waals surface area contributed by atoms with Crippen molar-refractivity contribution in [3.63, 3.8) is 0 Å². The fourth-order valence-electron chi connectivity index (χ4n) is 2.47. The van der Waals surface area contributed by atoms with Crippen LogP contribution in [0.1, 0.15) is 41.0 Å². The van der Waals surface area contributed by atoms with Gasteiger partial charge in [0.2, 0.25) is 0 Å². The van der Waals surface area contributed by atoms with Crippen molar-refractivity contribution < 1.29 is 0 Å². The highest BCUT2D eigenvalue weighted by Crippen LogP contribution is 2.60. The highest BCUT2D eigenvalue weighted by atomic mass is 14.6. The molecule has 0 N–H and O–H groups in total. The maximum absolute atomic E-state index is 2.38. The van der Waals surface area contributed by atoms with Crippen LogP contribution in [0.25, 0.3) is 0 Å². The van der Waals surface area contributed by atoms with Gasteiger partial charge in [-0.1, -0.05) is 39.8 Å². The topological polar surface area (TPSA) is 0 Å². The van der Waals surface area contributed by atoms with Crippen molar-refractivity contribution in [1.29, 1.82) is 0 Å². The molecule has 0 bridgehead atoms. The zero-order valence-corrected chi connectivity index (χ0v) is 8.44. The smallest absolute Gasteiger partial charge is 0.00696 e. The minimum atomic E-state index is 0.446. The average molecular weight is 152 g/mol. The lowest BCUT2D eigenvalue weighted by molar-refractivity contribution is -0.0573. The molecule has 2 unspecified atom stereocenters. The Kier molecular flexibility index (Phi) is 1.90. The van der Waals surface area contributed by atoms with Crippen LogP contribution in [0.4, 0.5) is 0 Å². The fraction of sp³-hybridized carbons (Fsp3) is 0.818. The van der Waals surface area contributed by atoms with E-state index >= 15 is 0 Å². The second kappa shape index (κ2) is 2.36. The molecule has 0 heteroatoms. The molecule has 0 amide bonds. The molecule has 0 spiro atoms. The maximum atomic E-state index is 2.38. The van der Waals surface area contributed by atoms with Crippen LogP contribution in [0, 0.1) is 16.7 Å². The predicted molar refractivity (Wildman–Crippen MR) is 50.5 cm³/mol. The number of rotatable bonds is 1. The molecule has 2 atom stereocenters. The Labute approximate surface area is 70.7 Å². The van der Waals surface area contributed by atoms with Crippen LogP contribution in [-0.2, 0) is 0 Å². The summed E-state index contributed by atoms with van der Waals surface area (Å²) in [5.74, 6) is 0.855. The molecular formula is C11H20. The van der Waals surface area contributed by atoms with E-state index in [1.165, 1.54) is 6.42 Å². The van der Waals surface area contributed by atoms with Gasteiger partial charge in [0, 0.05) is 0 Å². The first-order chi connectivity index (χ1) is 4.94. The third-order valence-electron chi connectivity index (χ3n) is 3.81. The van der Waals surface area contributed by atoms with E-state index in [-0.39, 0.29) is 0 Å². The van der Waals surface area contributed by atoms with Gasteiger partial charge < -0.3 is 0 Å². The summed E-state index contributed by atoms with van der Waals surface area (Å²) < 4.78 is 0. The minimum absolute atomic E-state index is 0.446. The number of hydrogen-bond acceptors (Lipinski definition) is 0. The lowest BCUT2D eigenvalue weighted by atomic mass is 9.46. The normalized spacial score (nSPS) is 42.5. The third kappa shape index (κ3) is 1.04. The molecule has 0 nitrogen and oxygen atoms in total. The molecule has 0 radical (unpaired) electrons. The van der Waals surface area contributed by atoms with Gasteiger partial charge in [0.1, 0.15) is 0 Å². The Hall–Kier alpha value is -0.260. The van der Waals surface area contributed by atoms with Crippen molar-refractivity contribution in [2.24, 2.45) is 16.7 Å². The molecule has 1 saturated carbocycles. The highest BCUT2D eigenvalue weighted by molar-refractivity contribution is 5.13. The van der Waals surface area contributed by atoms with Gasteiger partial charge in [-0.2, -0.15) is 0 Å². The quantitative estimate of drug-likeness (QED) is 0.503. The monoisotopic (exact) mass is 152 g/mol. The summed E-state index contributed by atoms with van der Waals surface area (Å²) >= 11 is 0. The van der Waals surface area contributed by atoms with Crippen molar-refractivity contribution >= 4 is 0 Å². The number of allylic oxidation sites excluding steroid dienone is 2. The van der Waals surface area contributed by atoms with Crippen LogP contribution in [0.15, 0.2) is 12.2 Å². The van der Waals surface area contributed by atoms with Gasteiger partial charge in [0.05, 0.1) is 0 Å². The summed E-state index contributed by atoms with van der Waals surface area (Å²) in [6, 6.07) is 0. The molecule has 11 heavy (non-hydrogen) atoms. The first-order valence-corrected chi connectivity index (χ1v) is 4.58. The van der Waals surface area contributed by atoms with Crippen molar-refractivity contribution in [2.45, 2.75) is 41.0 Å². The molecule has 0 aromatic rings. The Morgan fingerprint density at radius 3 is 2.00 bits per heavy atom. The summed E-state index contributed by atoms with van der Waals surface area (Å²) in [4.78, 5) is 0. The third-order valence-corrected chi connectivity index (χ3v) is 3.81. The molecule has 0 aromatic carbocycles. The molecule has 0 aliphatic heterocycles. The summed E-state index contributed by atoms with van der Waals surface area (Å²) in [6.07, 6.45) is 5.94. The van der Waals surface area contributed by atoms with Gasteiger partial charge in [0.15, 0.2) is 0 Å². The van der Waals surface area contributed by atoms with E-state index in [0.29, 0.717) is 10.8 Å². The summed E-state index contributed by atoms with van der Waals surface area (Å²) in [5, 5.41) is 0. The molecule has 1 fully saturated rings. The van der Waals surface area contributed by atoms with Crippen LogP contribution in [0.3, 0.4) is 0 Å². The first kappa shape index (κ1) is 8.83. The number of hydrogen-bond donors (Lipinski definition) is 0. The Morgan fingerprint density at radius 1 is 1.27 bits per heavy atom. The van der Waals surface area contributed by atoms with E-state index < -0.39 is 0 Å². The van der Waals surface area contributed by atoms with E-state index in [1.807, 2.05) is 0 Å². The van der Waals surface area contributed by atoms with Gasteiger partial charge in [0.25, 0.3) is 0 Å². The van der Waals surface area contributed by atoms with Crippen molar-refractivity contribution in [3.8, 4) is 0 Å². The Morgan fingerprint density at radius 2 is 1.82 bits per heavy atom. The summed E-state index contributed by atoms with van der Waals surface area (Å²) in [6.45, 7) is 11.6. The Bertz CT molecular complexity index is 176. The minimum Gasteiger partial charge on any atom is -0.0911 e. The zero-order valence-electron chi connectivity index (χ0n) is 8.44. The van der Waals surface area contributed by atoms with E-state index in [9.17, 15) is 0 Å². The van der Waals surface area contributed by atoms with Crippen LogP contribution in [0.2, 0.25) is 0 Å². The van der Waals surface area contributed by atoms with Gasteiger partial charge in [-0.25, -0.2) is 0 Å². The van der Waals surface area contributed by atoms with Crippen LogP contribution >= 0.6 is 0 Å². The molecule has 0 saturated heterocycles. The lowest BCUT2D eigenvalue weighted by Gasteiger charge is -2.58.